The summed E-state index contributed by atoms with van der Waals surface area (Å²) >= 11 is 16.4. The second-order valence-electron chi connectivity index (χ2n) is 5.79. The predicted molar refractivity (Wildman–Crippen MR) is 118 cm³/mol. The van der Waals surface area contributed by atoms with Crippen LogP contribution in [0.15, 0.2) is 58.4 Å². The Balaban J connectivity index is 1.87. The number of hydrogen-bond donors (Lipinski definition) is 0. The van der Waals surface area contributed by atoms with Crippen LogP contribution in [-0.2, 0) is 11.3 Å². The molecule has 28 heavy (non-hydrogen) atoms. The van der Waals surface area contributed by atoms with Crippen molar-refractivity contribution in [2.75, 3.05) is 6.61 Å². The van der Waals surface area contributed by atoms with E-state index in [0.29, 0.717) is 38.4 Å². The molecule has 1 heterocycles. The molecule has 1 saturated heterocycles. The van der Waals surface area contributed by atoms with E-state index in [0.717, 1.165) is 21.1 Å². The Morgan fingerprint density at radius 3 is 2.68 bits per heavy atom. The number of hydrogen-bond acceptors (Lipinski definition) is 4. The molecule has 0 unspecified atom stereocenters. The minimum Gasteiger partial charge on any atom is -0.489 e. The van der Waals surface area contributed by atoms with Crippen molar-refractivity contribution in [1.82, 2.24) is 4.90 Å². The highest BCUT2D eigenvalue weighted by Crippen LogP contribution is 2.36. The average Bonchev–Trinajstić information content (AvgIpc) is 2.90. The van der Waals surface area contributed by atoms with Crippen LogP contribution in [0.4, 0.5) is 4.79 Å². The molecule has 0 bridgehead atoms. The van der Waals surface area contributed by atoms with Crippen LogP contribution >= 0.6 is 50.9 Å². The van der Waals surface area contributed by atoms with Gasteiger partial charge in [0.1, 0.15) is 12.4 Å². The number of carbonyl (C=O) groups is 2. The molecule has 4 nitrogen and oxygen atoms in total. The molecule has 0 radical (unpaired) electrons. The molecule has 0 aromatic heterocycles. The van der Waals surface area contributed by atoms with Crippen molar-refractivity contribution in [2.45, 2.75) is 6.54 Å². The molecule has 3 rings (SSSR count). The fourth-order valence-electron chi connectivity index (χ4n) is 2.51. The number of carbonyl (C=O) groups excluding carboxylic acids is 2. The number of nitrogens with zero attached hydrogens (tertiary/aromatic N) is 1. The largest absolute Gasteiger partial charge is 0.489 e. The number of rotatable bonds is 6. The fourth-order valence-corrected chi connectivity index (χ4v) is 4.19. The van der Waals surface area contributed by atoms with E-state index in [9.17, 15) is 9.59 Å². The van der Waals surface area contributed by atoms with Crippen LogP contribution in [-0.4, -0.2) is 22.7 Å². The van der Waals surface area contributed by atoms with Gasteiger partial charge in [0.05, 0.1) is 11.4 Å². The zero-order valence-electron chi connectivity index (χ0n) is 14.5. The summed E-state index contributed by atoms with van der Waals surface area (Å²) in [7, 11) is 0. The molecule has 0 spiro atoms. The van der Waals surface area contributed by atoms with Crippen molar-refractivity contribution in [2.24, 2.45) is 0 Å². The topological polar surface area (TPSA) is 46.6 Å². The first kappa shape index (κ1) is 21.0. The van der Waals surface area contributed by atoms with E-state index >= 15 is 0 Å². The van der Waals surface area contributed by atoms with Crippen molar-refractivity contribution < 1.29 is 14.3 Å². The summed E-state index contributed by atoms with van der Waals surface area (Å²) in [5.74, 6) is 0.214. The van der Waals surface area contributed by atoms with Gasteiger partial charge in [-0.25, -0.2) is 0 Å². The third-order valence-corrected chi connectivity index (χ3v) is 5.82. The molecule has 1 fully saturated rings. The van der Waals surface area contributed by atoms with Gasteiger partial charge in [-0.1, -0.05) is 57.9 Å². The van der Waals surface area contributed by atoms with Crippen molar-refractivity contribution >= 4 is 68.1 Å². The van der Waals surface area contributed by atoms with Crippen LogP contribution in [0.25, 0.3) is 6.08 Å². The van der Waals surface area contributed by atoms with Crippen LogP contribution in [0, 0.1) is 0 Å². The third-order valence-electron chi connectivity index (χ3n) is 3.83. The molecule has 2 aromatic rings. The van der Waals surface area contributed by atoms with Crippen molar-refractivity contribution in [3.05, 3.63) is 79.6 Å². The number of imide groups is 1. The molecule has 2 aromatic carbocycles. The number of benzene rings is 2. The summed E-state index contributed by atoms with van der Waals surface area (Å²) in [6, 6.07) is 10.4. The Bertz CT molecular complexity index is 993. The summed E-state index contributed by atoms with van der Waals surface area (Å²) < 4.78 is 6.46. The van der Waals surface area contributed by atoms with Gasteiger partial charge in [-0.15, -0.1) is 0 Å². The van der Waals surface area contributed by atoms with Crippen LogP contribution in [0.1, 0.15) is 11.1 Å². The maximum Gasteiger partial charge on any atom is 0.293 e. The highest BCUT2D eigenvalue weighted by atomic mass is 79.9. The van der Waals surface area contributed by atoms with Gasteiger partial charge in [0, 0.05) is 20.1 Å². The normalized spacial score (nSPS) is 15.4. The molecule has 0 N–H and O–H groups in total. The molecule has 1 aliphatic heterocycles. The Morgan fingerprint density at radius 2 is 1.96 bits per heavy atom. The lowest BCUT2D eigenvalue weighted by molar-refractivity contribution is -0.123. The molecule has 0 aliphatic carbocycles. The van der Waals surface area contributed by atoms with Crippen molar-refractivity contribution in [1.29, 1.82) is 0 Å². The molecular formula is C20H14BrCl2NO3S. The SMILES string of the molecule is C=CCOc1ccc(Br)cc1/C=C1/SC(=O)N(Cc2ccc(Cl)cc2Cl)C1=O. The minimum atomic E-state index is -0.379. The van der Waals surface area contributed by atoms with Crippen molar-refractivity contribution in [3.63, 3.8) is 0 Å². The maximum absolute atomic E-state index is 12.8. The van der Waals surface area contributed by atoms with E-state index in [2.05, 4.69) is 22.5 Å². The van der Waals surface area contributed by atoms with Crippen LogP contribution in [0.3, 0.4) is 0 Å². The average molecular weight is 499 g/mol. The predicted octanol–water partition coefficient (Wildman–Crippen LogP) is 6.56. The first-order valence-electron chi connectivity index (χ1n) is 8.11. The number of amides is 2. The van der Waals surface area contributed by atoms with E-state index in [4.69, 9.17) is 27.9 Å². The molecule has 1 aliphatic rings. The van der Waals surface area contributed by atoms with Gasteiger partial charge in [-0.05, 0) is 53.7 Å². The lowest BCUT2D eigenvalue weighted by atomic mass is 10.1. The van der Waals surface area contributed by atoms with Gasteiger partial charge < -0.3 is 4.74 Å². The smallest absolute Gasteiger partial charge is 0.293 e. The number of thioether (sulfide) groups is 1. The lowest BCUT2D eigenvalue weighted by Gasteiger charge is -2.13. The summed E-state index contributed by atoms with van der Waals surface area (Å²) in [6.45, 7) is 4.04. The quantitative estimate of drug-likeness (QED) is 0.334. The monoisotopic (exact) mass is 497 g/mol. The number of halogens is 3. The Morgan fingerprint density at radius 1 is 1.18 bits per heavy atom. The molecule has 8 heteroatoms. The second kappa shape index (κ2) is 9.18. The van der Waals surface area contributed by atoms with Gasteiger partial charge in [-0.3, -0.25) is 14.5 Å². The first-order chi connectivity index (χ1) is 13.4. The zero-order valence-corrected chi connectivity index (χ0v) is 18.4. The van der Waals surface area contributed by atoms with Gasteiger partial charge in [0.15, 0.2) is 0 Å². The summed E-state index contributed by atoms with van der Waals surface area (Å²) in [5, 5.41) is 0.540. The van der Waals surface area contributed by atoms with Crippen molar-refractivity contribution in [3.8, 4) is 5.75 Å². The third kappa shape index (κ3) is 4.81. The summed E-state index contributed by atoms with van der Waals surface area (Å²) in [4.78, 5) is 26.7. The Hall–Kier alpha value is -1.73. The van der Waals surface area contributed by atoms with E-state index in [-0.39, 0.29) is 17.7 Å². The minimum absolute atomic E-state index is 0.0797. The second-order valence-corrected chi connectivity index (χ2v) is 8.54. The van der Waals surface area contributed by atoms with Gasteiger partial charge >= 0.3 is 0 Å². The highest BCUT2D eigenvalue weighted by Gasteiger charge is 2.35. The Labute approximate surface area is 185 Å². The van der Waals surface area contributed by atoms with Crippen LogP contribution < -0.4 is 4.74 Å². The van der Waals surface area contributed by atoms with E-state index in [1.807, 2.05) is 12.1 Å². The van der Waals surface area contributed by atoms with E-state index in [1.165, 1.54) is 0 Å². The van der Waals surface area contributed by atoms with Gasteiger partial charge in [0.25, 0.3) is 11.1 Å². The summed E-state index contributed by atoms with van der Waals surface area (Å²) in [6.07, 6.45) is 3.28. The Kier molecular flexibility index (Phi) is 6.88. The number of ether oxygens (including phenoxy) is 1. The zero-order chi connectivity index (χ0) is 20.3. The van der Waals surface area contributed by atoms with Gasteiger partial charge in [-0.2, -0.15) is 0 Å². The fraction of sp³-hybridized carbons (Fsp3) is 0.100. The highest BCUT2D eigenvalue weighted by molar-refractivity contribution is 9.10. The summed E-state index contributed by atoms with van der Waals surface area (Å²) in [5.41, 5.74) is 1.33. The molecule has 2 amide bonds. The maximum atomic E-state index is 12.8. The van der Waals surface area contributed by atoms with Crippen LogP contribution in [0.5, 0.6) is 5.75 Å². The van der Waals surface area contributed by atoms with E-state index in [1.54, 1.807) is 36.4 Å². The molecule has 0 atom stereocenters. The molecule has 0 saturated carbocycles. The standard InChI is InChI=1S/C20H14BrCl2NO3S/c1-2-7-27-17-6-4-14(21)8-13(17)9-18-19(25)24(20(26)28-18)11-12-3-5-15(22)10-16(12)23/h2-6,8-10H,1,7,11H2/b18-9+. The van der Waals surface area contributed by atoms with Gasteiger partial charge in [0.2, 0.25) is 0 Å². The molecule has 144 valence electrons. The van der Waals surface area contributed by atoms with Crippen LogP contribution in [0.2, 0.25) is 10.0 Å². The first-order valence-corrected chi connectivity index (χ1v) is 10.5. The molecular weight excluding hydrogens is 485 g/mol. The lowest BCUT2D eigenvalue weighted by Crippen LogP contribution is -2.27. The van der Waals surface area contributed by atoms with E-state index < -0.39 is 0 Å².